The van der Waals surface area contributed by atoms with E-state index in [-0.39, 0.29) is 47.2 Å². The van der Waals surface area contributed by atoms with Crippen LogP contribution in [-0.4, -0.2) is 75.0 Å². The number of amides is 1. The molecule has 1 amide bonds. The first-order chi connectivity index (χ1) is 26.0. The predicted molar refractivity (Wildman–Crippen MR) is 219 cm³/mol. The molecule has 3 aliphatic rings. The topological polar surface area (TPSA) is 119 Å². The molecule has 5 rings (SSSR count). The van der Waals surface area contributed by atoms with E-state index in [9.17, 15) is 14.4 Å². The minimum Gasteiger partial charge on any atom is -0.356 e. The van der Waals surface area contributed by atoms with E-state index >= 15 is 0 Å². The maximum Gasteiger partial charge on any atom is 0.333 e. The molecule has 2 aromatic rings. The largest absolute Gasteiger partial charge is 0.356 e. The molecule has 11 nitrogen and oxygen atoms in total. The summed E-state index contributed by atoms with van der Waals surface area (Å²) in [5, 5.41) is 4.88. The zero-order chi connectivity index (χ0) is 40.0. The van der Waals surface area contributed by atoms with Crippen LogP contribution in [0.4, 0.5) is 0 Å². The minimum absolute atomic E-state index is 0.0869. The Morgan fingerprint density at radius 1 is 0.891 bits per heavy atom. The molecule has 12 heteroatoms. The molecular formula is C43H69N3O8Si. The molecule has 1 saturated heterocycles. The van der Waals surface area contributed by atoms with Crippen molar-refractivity contribution < 1.29 is 28.5 Å². The van der Waals surface area contributed by atoms with Gasteiger partial charge in [-0.2, -0.15) is 0 Å². The predicted octanol–water partition coefficient (Wildman–Crippen LogP) is 6.40. The molecule has 3 fully saturated rings. The number of carbonyl (C=O) groups is 1. The van der Waals surface area contributed by atoms with Crippen LogP contribution in [0.3, 0.4) is 0 Å². The van der Waals surface area contributed by atoms with Gasteiger partial charge in [0.2, 0.25) is 5.91 Å². The average Bonchev–Trinajstić information content (AvgIpc) is 3.54. The Balaban J connectivity index is 1.23. The summed E-state index contributed by atoms with van der Waals surface area (Å²) < 4.78 is 34.5. The highest BCUT2D eigenvalue weighted by atomic mass is 28.3. The van der Waals surface area contributed by atoms with Gasteiger partial charge < -0.3 is 29.0 Å². The zero-order valence-electron chi connectivity index (χ0n) is 35.2. The summed E-state index contributed by atoms with van der Waals surface area (Å²) in [5.41, 5.74) is 0.621. The lowest BCUT2D eigenvalue weighted by molar-refractivity contribution is -0.282. The van der Waals surface area contributed by atoms with Crippen LogP contribution in [0.5, 0.6) is 0 Å². The molecule has 55 heavy (non-hydrogen) atoms. The maximum absolute atomic E-state index is 14.0. The SMILES string of the molecule is COC1(OCC2OC(n3cc(C)c(=O)n(CCCNC(=O)Cc4ccc([SiH](C(C)(C)C)C(C)(C)C)cc4)c3=O)CC2OC2(OC)CCCCC2)CCCCC1. The van der Waals surface area contributed by atoms with Crippen molar-refractivity contribution in [3.63, 3.8) is 0 Å². The van der Waals surface area contributed by atoms with Gasteiger partial charge in [0.15, 0.2) is 11.6 Å². The molecule has 1 aromatic carbocycles. The fraction of sp³-hybridized carbons (Fsp3) is 0.744. The van der Waals surface area contributed by atoms with E-state index in [1.54, 1.807) is 27.3 Å². The Morgan fingerprint density at radius 2 is 1.47 bits per heavy atom. The van der Waals surface area contributed by atoms with Gasteiger partial charge in [-0.05, 0) is 54.7 Å². The molecule has 2 saturated carbocycles. The summed E-state index contributed by atoms with van der Waals surface area (Å²) >= 11 is 0. The molecular weight excluding hydrogens is 715 g/mol. The van der Waals surface area contributed by atoms with E-state index in [0.29, 0.717) is 24.9 Å². The fourth-order valence-corrected chi connectivity index (χ4v) is 14.8. The van der Waals surface area contributed by atoms with Crippen LogP contribution in [0.1, 0.15) is 136 Å². The van der Waals surface area contributed by atoms with Crippen molar-refractivity contribution in [1.29, 1.82) is 0 Å². The number of benzene rings is 1. The fourth-order valence-electron chi connectivity index (χ4n) is 9.62. The lowest BCUT2D eigenvalue weighted by atomic mass is 9.93. The number of nitrogens with zero attached hydrogens (tertiary/aromatic N) is 2. The first kappa shape index (κ1) is 43.5. The third-order valence-electron chi connectivity index (χ3n) is 12.0. The Bertz CT molecular complexity index is 1670. The van der Waals surface area contributed by atoms with Gasteiger partial charge in [0.05, 0.1) is 27.9 Å². The second-order valence-corrected chi connectivity index (χ2v) is 23.4. The Kier molecular flexibility index (Phi) is 14.5. The highest BCUT2D eigenvalue weighted by molar-refractivity contribution is 6.78. The van der Waals surface area contributed by atoms with Gasteiger partial charge in [-0.1, -0.05) is 83.8 Å². The molecule has 3 unspecified atom stereocenters. The average molecular weight is 784 g/mol. The van der Waals surface area contributed by atoms with Gasteiger partial charge in [-0.15, -0.1) is 0 Å². The third-order valence-corrected chi connectivity index (χ3v) is 16.5. The number of hydrogen-bond acceptors (Lipinski definition) is 8. The van der Waals surface area contributed by atoms with Crippen LogP contribution in [0.25, 0.3) is 0 Å². The van der Waals surface area contributed by atoms with Gasteiger partial charge in [-0.3, -0.25) is 18.7 Å². The molecule has 1 N–H and O–H groups in total. The number of carbonyl (C=O) groups excluding carboxylic acids is 1. The Morgan fingerprint density at radius 3 is 2.04 bits per heavy atom. The van der Waals surface area contributed by atoms with Crippen LogP contribution < -0.4 is 21.8 Å². The van der Waals surface area contributed by atoms with E-state index in [4.69, 9.17) is 23.7 Å². The quantitative estimate of drug-likeness (QED) is 0.125. The number of aromatic nitrogens is 2. The second kappa shape index (κ2) is 18.3. The van der Waals surface area contributed by atoms with Crippen LogP contribution in [0.15, 0.2) is 40.1 Å². The van der Waals surface area contributed by atoms with Crippen LogP contribution in [0, 0.1) is 6.92 Å². The Hall–Kier alpha value is -2.61. The lowest BCUT2D eigenvalue weighted by Crippen LogP contribution is -2.45. The molecule has 0 bridgehead atoms. The second-order valence-electron chi connectivity index (χ2n) is 18.4. The van der Waals surface area contributed by atoms with Crippen LogP contribution in [-0.2, 0) is 41.4 Å². The maximum atomic E-state index is 14.0. The molecule has 1 aromatic heterocycles. The van der Waals surface area contributed by atoms with Gasteiger partial charge in [-0.25, -0.2) is 4.79 Å². The van der Waals surface area contributed by atoms with Gasteiger partial charge in [0.1, 0.15) is 12.3 Å². The molecule has 3 atom stereocenters. The van der Waals surface area contributed by atoms with E-state index in [1.807, 2.05) is 0 Å². The minimum atomic E-state index is -1.32. The van der Waals surface area contributed by atoms with Crippen LogP contribution in [0.2, 0.25) is 10.1 Å². The van der Waals surface area contributed by atoms with E-state index in [2.05, 4.69) is 71.1 Å². The smallest absolute Gasteiger partial charge is 0.333 e. The number of aryl methyl sites for hydroxylation is 1. The molecule has 1 aliphatic heterocycles. The molecule has 0 spiro atoms. The van der Waals surface area contributed by atoms with Crippen molar-refractivity contribution >= 4 is 19.9 Å². The van der Waals surface area contributed by atoms with Gasteiger partial charge in [0, 0.05) is 71.2 Å². The van der Waals surface area contributed by atoms with E-state index < -0.39 is 38.4 Å². The monoisotopic (exact) mass is 783 g/mol. The van der Waals surface area contributed by atoms with Gasteiger partial charge >= 0.3 is 5.69 Å². The molecule has 0 radical (unpaired) electrons. The summed E-state index contributed by atoms with van der Waals surface area (Å²) in [7, 11) is 2.08. The molecule has 2 heterocycles. The van der Waals surface area contributed by atoms with Crippen molar-refractivity contribution in [3.05, 3.63) is 62.4 Å². The summed E-state index contributed by atoms with van der Waals surface area (Å²) in [6, 6.07) is 8.57. The number of nitrogens with one attached hydrogen (secondary N) is 1. The van der Waals surface area contributed by atoms with Gasteiger partial charge in [0.25, 0.3) is 5.56 Å². The molecule has 2 aliphatic carbocycles. The standard InChI is InChI=1S/C43H69N3O8Si/c1-31-29-46(37-28-34(54-43(51-9)23-14-11-15-24-43)35(53-37)30-52-42(50-8)21-12-10-13-22-42)39(49)45(38(31)48)26-16-25-44-36(47)27-32-17-19-33(20-18-32)55(40(2,3)4)41(5,6)7/h17-20,29,34-35,37,55H,10-16,21-28,30H2,1-9H3,(H,44,47). The highest BCUT2D eigenvalue weighted by Crippen LogP contribution is 2.42. The van der Waals surface area contributed by atoms with Crippen LogP contribution >= 0.6 is 0 Å². The lowest BCUT2D eigenvalue weighted by Gasteiger charge is -2.40. The highest BCUT2D eigenvalue weighted by Gasteiger charge is 2.46. The summed E-state index contributed by atoms with van der Waals surface area (Å²) in [5.74, 6) is -1.45. The van der Waals surface area contributed by atoms with Crippen molar-refractivity contribution in [1.82, 2.24) is 14.5 Å². The number of rotatable bonds is 15. The van der Waals surface area contributed by atoms with E-state index in [1.165, 1.54) is 14.3 Å². The number of methoxy groups -OCH3 is 2. The summed E-state index contributed by atoms with van der Waals surface area (Å²) in [6.07, 6.45) is 10.9. The first-order valence-electron chi connectivity index (χ1n) is 20.8. The van der Waals surface area contributed by atoms with Crippen molar-refractivity contribution in [3.8, 4) is 0 Å². The van der Waals surface area contributed by atoms with Crippen molar-refractivity contribution in [2.45, 2.75) is 179 Å². The third kappa shape index (κ3) is 10.9. The normalized spacial score (nSPS) is 22.9. The number of hydrogen-bond donors (Lipinski definition) is 1. The van der Waals surface area contributed by atoms with Crippen molar-refractivity contribution in [2.75, 3.05) is 27.4 Å². The first-order valence-corrected chi connectivity index (χ1v) is 22.5. The molecule has 308 valence electrons. The summed E-state index contributed by atoms with van der Waals surface area (Å²) in [6.45, 7) is 16.5. The van der Waals surface area contributed by atoms with Crippen molar-refractivity contribution in [2.24, 2.45) is 0 Å². The zero-order valence-corrected chi connectivity index (χ0v) is 36.3. The summed E-state index contributed by atoms with van der Waals surface area (Å²) in [4.78, 5) is 40.2. The number of ether oxygens (including phenoxy) is 5. The Labute approximate surface area is 330 Å². The van der Waals surface area contributed by atoms with E-state index in [0.717, 1.165) is 69.8 Å².